The molecule has 0 saturated heterocycles. The molecule has 0 aliphatic carbocycles. The van der Waals surface area contributed by atoms with Gasteiger partial charge in [-0.15, -0.1) is 0 Å². The minimum atomic E-state index is 1.20. The highest BCUT2D eigenvalue weighted by atomic mass is 14.7. The molecule has 1 aromatic rings. The van der Waals surface area contributed by atoms with Gasteiger partial charge in [0.05, 0.1) is 0 Å². The smallest absolute Gasteiger partial charge is 0.0150 e. The van der Waals surface area contributed by atoms with Gasteiger partial charge in [0, 0.05) is 11.4 Å². The number of H-pyrrole nitrogens is 1. The lowest BCUT2D eigenvalue weighted by atomic mass is 10.1. The van der Waals surface area contributed by atoms with Crippen molar-refractivity contribution in [1.82, 2.24) is 4.98 Å². The summed E-state index contributed by atoms with van der Waals surface area (Å²) in [5, 5.41) is 0. The summed E-state index contributed by atoms with van der Waals surface area (Å²) in [7, 11) is 0. The molecule has 0 spiro atoms. The number of rotatable bonds is 2. The zero-order valence-electron chi connectivity index (χ0n) is 8.99. The maximum atomic E-state index is 3.29. The number of nitrogens with one attached hydrogen (secondary N) is 1. The van der Waals surface area contributed by atoms with Gasteiger partial charge in [0.15, 0.2) is 0 Å². The van der Waals surface area contributed by atoms with Gasteiger partial charge in [-0.2, -0.15) is 0 Å². The van der Waals surface area contributed by atoms with Crippen LogP contribution in [0.15, 0.2) is 6.07 Å². The van der Waals surface area contributed by atoms with E-state index in [2.05, 4.69) is 31.8 Å². The molecule has 1 heteroatoms. The second-order valence-electron chi connectivity index (χ2n) is 2.85. The first-order valence-corrected chi connectivity index (χ1v) is 4.89. The molecule has 0 aliphatic heterocycles. The van der Waals surface area contributed by atoms with Gasteiger partial charge in [-0.3, -0.25) is 0 Å². The highest BCUT2D eigenvalue weighted by Crippen LogP contribution is 2.10. The third kappa shape index (κ3) is 3.12. The Kier molecular flexibility index (Phi) is 5.52. The minimum absolute atomic E-state index is 1.20. The highest BCUT2D eigenvalue weighted by molar-refractivity contribution is 5.24. The molecule has 1 heterocycles. The topological polar surface area (TPSA) is 15.8 Å². The van der Waals surface area contributed by atoms with Crippen LogP contribution in [0.25, 0.3) is 0 Å². The Morgan fingerprint density at radius 3 is 2.17 bits per heavy atom. The van der Waals surface area contributed by atoms with E-state index in [1.165, 1.54) is 29.8 Å². The summed E-state index contributed by atoms with van der Waals surface area (Å²) in [6, 6.07) is 2.23. The van der Waals surface area contributed by atoms with Crippen molar-refractivity contribution in [2.24, 2.45) is 0 Å². The molecule has 1 N–H and O–H groups in total. The average molecular weight is 167 g/mol. The molecule has 0 atom stereocenters. The van der Waals surface area contributed by atoms with Crippen LogP contribution in [0.2, 0.25) is 0 Å². The van der Waals surface area contributed by atoms with Gasteiger partial charge < -0.3 is 4.98 Å². The molecule has 70 valence electrons. The first-order valence-electron chi connectivity index (χ1n) is 4.89. The van der Waals surface area contributed by atoms with E-state index < -0.39 is 0 Å². The molecule has 12 heavy (non-hydrogen) atoms. The summed E-state index contributed by atoms with van der Waals surface area (Å²) < 4.78 is 0. The van der Waals surface area contributed by atoms with Crippen molar-refractivity contribution in [2.45, 2.75) is 47.5 Å². The molecule has 0 bridgehead atoms. The van der Waals surface area contributed by atoms with Gasteiger partial charge >= 0.3 is 0 Å². The SMILES string of the molecule is CC.CCCc1cc(C)[nH]c1C. The number of hydrogen-bond donors (Lipinski definition) is 1. The average Bonchev–Trinajstić information content (AvgIpc) is 2.35. The van der Waals surface area contributed by atoms with E-state index in [-0.39, 0.29) is 0 Å². The molecule has 0 aliphatic rings. The second kappa shape index (κ2) is 5.87. The third-order valence-corrected chi connectivity index (χ3v) is 1.78. The number of aryl methyl sites for hydroxylation is 3. The monoisotopic (exact) mass is 167 g/mol. The first-order chi connectivity index (χ1) is 5.74. The fourth-order valence-electron chi connectivity index (χ4n) is 1.31. The van der Waals surface area contributed by atoms with E-state index in [1.807, 2.05) is 13.8 Å². The molecule has 0 fully saturated rings. The molecule has 0 aromatic carbocycles. The Morgan fingerprint density at radius 2 is 1.83 bits per heavy atom. The molecule has 0 radical (unpaired) electrons. The molecule has 1 rings (SSSR count). The fraction of sp³-hybridized carbons (Fsp3) is 0.636. The van der Waals surface area contributed by atoms with Crippen molar-refractivity contribution < 1.29 is 0 Å². The van der Waals surface area contributed by atoms with Crippen molar-refractivity contribution in [3.8, 4) is 0 Å². The van der Waals surface area contributed by atoms with Crippen molar-refractivity contribution >= 4 is 0 Å². The third-order valence-electron chi connectivity index (χ3n) is 1.78. The van der Waals surface area contributed by atoms with E-state index in [0.717, 1.165) is 0 Å². The summed E-state index contributed by atoms with van der Waals surface area (Å²) >= 11 is 0. The molecular formula is C11H21N. The maximum absolute atomic E-state index is 3.29. The quantitative estimate of drug-likeness (QED) is 0.692. The molecular weight excluding hydrogens is 146 g/mol. The van der Waals surface area contributed by atoms with Gasteiger partial charge in [-0.25, -0.2) is 0 Å². The summed E-state index contributed by atoms with van der Waals surface area (Å²) in [5.41, 5.74) is 4.08. The second-order valence-corrected chi connectivity index (χ2v) is 2.85. The molecule has 0 saturated carbocycles. The Balaban J connectivity index is 0.000000561. The Hall–Kier alpha value is -0.720. The van der Waals surface area contributed by atoms with Gasteiger partial charge in [0.1, 0.15) is 0 Å². The van der Waals surface area contributed by atoms with Crippen LogP contribution in [0.1, 0.15) is 44.1 Å². The zero-order chi connectivity index (χ0) is 9.56. The summed E-state index contributed by atoms with van der Waals surface area (Å²) in [6.07, 6.45) is 2.44. The van der Waals surface area contributed by atoms with Crippen LogP contribution in [0.5, 0.6) is 0 Å². The van der Waals surface area contributed by atoms with Crippen LogP contribution in [-0.4, -0.2) is 4.98 Å². The molecule has 0 unspecified atom stereocenters. The Morgan fingerprint density at radius 1 is 1.25 bits per heavy atom. The van der Waals surface area contributed by atoms with Gasteiger partial charge in [0.25, 0.3) is 0 Å². The largest absolute Gasteiger partial charge is 0.362 e. The summed E-state index contributed by atoms with van der Waals surface area (Å²) in [4.78, 5) is 3.29. The fourth-order valence-corrected chi connectivity index (χ4v) is 1.31. The van der Waals surface area contributed by atoms with E-state index in [1.54, 1.807) is 0 Å². The van der Waals surface area contributed by atoms with Crippen LogP contribution in [0.4, 0.5) is 0 Å². The van der Waals surface area contributed by atoms with E-state index in [4.69, 9.17) is 0 Å². The standard InChI is InChI=1S/C9H15N.C2H6/c1-4-5-9-6-7(2)10-8(9)3;1-2/h6,10H,4-5H2,1-3H3;1-2H3. The number of hydrogen-bond acceptors (Lipinski definition) is 0. The van der Waals surface area contributed by atoms with Gasteiger partial charge in [-0.1, -0.05) is 27.2 Å². The molecule has 0 amide bonds. The van der Waals surface area contributed by atoms with Crippen molar-refractivity contribution in [3.63, 3.8) is 0 Å². The lowest BCUT2D eigenvalue weighted by Gasteiger charge is -1.92. The lowest BCUT2D eigenvalue weighted by Crippen LogP contribution is -1.81. The van der Waals surface area contributed by atoms with Gasteiger partial charge in [-0.05, 0) is 31.9 Å². The number of aromatic nitrogens is 1. The van der Waals surface area contributed by atoms with Crippen molar-refractivity contribution in [2.75, 3.05) is 0 Å². The summed E-state index contributed by atoms with van der Waals surface area (Å²) in [5.74, 6) is 0. The van der Waals surface area contributed by atoms with Crippen LogP contribution in [0.3, 0.4) is 0 Å². The van der Waals surface area contributed by atoms with E-state index in [0.29, 0.717) is 0 Å². The Bertz CT molecular complexity index is 211. The number of aromatic amines is 1. The summed E-state index contributed by atoms with van der Waals surface area (Å²) in [6.45, 7) is 10.5. The molecule has 1 aromatic heterocycles. The van der Waals surface area contributed by atoms with Crippen LogP contribution in [0, 0.1) is 13.8 Å². The lowest BCUT2D eigenvalue weighted by molar-refractivity contribution is 0.912. The zero-order valence-corrected chi connectivity index (χ0v) is 8.99. The Labute approximate surface area is 76.2 Å². The van der Waals surface area contributed by atoms with Crippen LogP contribution >= 0.6 is 0 Å². The highest BCUT2D eigenvalue weighted by Gasteiger charge is 1.98. The minimum Gasteiger partial charge on any atom is -0.362 e. The van der Waals surface area contributed by atoms with Crippen LogP contribution < -0.4 is 0 Å². The van der Waals surface area contributed by atoms with E-state index in [9.17, 15) is 0 Å². The first kappa shape index (κ1) is 11.3. The van der Waals surface area contributed by atoms with Gasteiger partial charge in [0.2, 0.25) is 0 Å². The predicted molar refractivity (Wildman–Crippen MR) is 55.6 cm³/mol. The normalized spacial score (nSPS) is 9.08. The van der Waals surface area contributed by atoms with Crippen molar-refractivity contribution in [3.05, 3.63) is 23.0 Å². The van der Waals surface area contributed by atoms with Crippen LogP contribution in [-0.2, 0) is 6.42 Å². The van der Waals surface area contributed by atoms with Crippen molar-refractivity contribution in [1.29, 1.82) is 0 Å². The molecule has 1 nitrogen and oxygen atoms in total. The predicted octanol–water partition coefficient (Wildman–Crippen LogP) is 3.61. The maximum Gasteiger partial charge on any atom is 0.0150 e. The van der Waals surface area contributed by atoms with E-state index >= 15 is 0 Å².